The van der Waals surface area contributed by atoms with Crippen LogP contribution in [0.1, 0.15) is 44.2 Å². The summed E-state index contributed by atoms with van der Waals surface area (Å²) in [6.07, 6.45) is 1.78. The number of fused-ring (bicyclic) bond motifs is 1. The molecular weight excluding hydrogens is 354 g/mol. The number of esters is 1. The van der Waals surface area contributed by atoms with Crippen molar-refractivity contribution in [3.8, 4) is 5.75 Å². The molecule has 146 valence electrons. The van der Waals surface area contributed by atoms with E-state index in [0.717, 1.165) is 29.0 Å². The maximum Gasteiger partial charge on any atom is 0.338 e. The average Bonchev–Trinajstić information content (AvgIpc) is 2.73. The highest BCUT2D eigenvalue weighted by molar-refractivity contribution is 5.99. The first kappa shape index (κ1) is 19.7. The molecule has 3 rings (SSSR count). The van der Waals surface area contributed by atoms with E-state index in [1.165, 1.54) is 0 Å². The standard InChI is InChI=1S/C23H25NO4/c1-4-15(2)19-10-6-7-11-20(19)24-22(25)16(3)28-23(26)18-13-17-9-5-8-12-21(17)27-14-18/h5-13,15-16H,4,14H2,1-3H3,(H,24,25)/t15-,16-/m0/s1. The Bertz CT molecular complexity index is 903. The number of ether oxygens (including phenoxy) is 2. The molecule has 0 radical (unpaired) electrons. The van der Waals surface area contributed by atoms with Gasteiger partial charge in [-0.2, -0.15) is 0 Å². The lowest BCUT2D eigenvalue weighted by molar-refractivity contribution is -0.149. The summed E-state index contributed by atoms with van der Waals surface area (Å²) < 4.78 is 10.9. The smallest absolute Gasteiger partial charge is 0.338 e. The minimum absolute atomic E-state index is 0.126. The molecule has 0 spiro atoms. The molecule has 1 aliphatic heterocycles. The summed E-state index contributed by atoms with van der Waals surface area (Å²) in [6, 6.07) is 15.2. The molecule has 0 aromatic heterocycles. The first-order valence-corrected chi connectivity index (χ1v) is 9.52. The van der Waals surface area contributed by atoms with E-state index in [0.29, 0.717) is 11.5 Å². The highest BCUT2D eigenvalue weighted by atomic mass is 16.6. The summed E-state index contributed by atoms with van der Waals surface area (Å²) in [5.74, 6) is 0.139. The zero-order chi connectivity index (χ0) is 20.1. The lowest BCUT2D eigenvalue weighted by atomic mass is 9.97. The van der Waals surface area contributed by atoms with Crippen LogP contribution in [0.4, 0.5) is 5.69 Å². The Labute approximate surface area is 165 Å². The van der Waals surface area contributed by atoms with Crippen molar-refractivity contribution in [2.45, 2.75) is 39.2 Å². The topological polar surface area (TPSA) is 64.6 Å². The predicted molar refractivity (Wildman–Crippen MR) is 109 cm³/mol. The Balaban J connectivity index is 1.65. The Morgan fingerprint density at radius 2 is 1.82 bits per heavy atom. The maximum atomic E-state index is 12.6. The third kappa shape index (κ3) is 4.42. The molecule has 28 heavy (non-hydrogen) atoms. The van der Waals surface area contributed by atoms with Crippen LogP contribution in [0.3, 0.4) is 0 Å². The number of nitrogens with one attached hydrogen (secondary N) is 1. The Morgan fingerprint density at radius 1 is 1.11 bits per heavy atom. The number of hydrogen-bond donors (Lipinski definition) is 1. The molecule has 0 fully saturated rings. The monoisotopic (exact) mass is 379 g/mol. The second-order valence-electron chi connectivity index (χ2n) is 6.93. The summed E-state index contributed by atoms with van der Waals surface area (Å²) in [6.45, 7) is 5.91. The minimum atomic E-state index is -0.921. The van der Waals surface area contributed by atoms with E-state index in [4.69, 9.17) is 9.47 Å². The van der Waals surface area contributed by atoms with Crippen molar-refractivity contribution < 1.29 is 19.1 Å². The van der Waals surface area contributed by atoms with Gasteiger partial charge in [0.25, 0.3) is 5.91 Å². The van der Waals surface area contributed by atoms with Crippen molar-refractivity contribution in [2.24, 2.45) is 0 Å². The number of anilines is 1. The molecule has 1 heterocycles. The second-order valence-corrected chi connectivity index (χ2v) is 6.93. The van der Waals surface area contributed by atoms with Gasteiger partial charge in [0.15, 0.2) is 6.10 Å². The van der Waals surface area contributed by atoms with Gasteiger partial charge in [-0.15, -0.1) is 0 Å². The first-order valence-electron chi connectivity index (χ1n) is 9.52. The van der Waals surface area contributed by atoms with Crippen LogP contribution in [-0.2, 0) is 14.3 Å². The van der Waals surface area contributed by atoms with E-state index >= 15 is 0 Å². The van der Waals surface area contributed by atoms with Crippen LogP contribution in [0, 0.1) is 0 Å². The maximum absolute atomic E-state index is 12.6. The SMILES string of the molecule is CC[C@H](C)c1ccccc1NC(=O)[C@H](C)OC(=O)C1=Cc2ccccc2OC1. The molecule has 0 unspecified atom stereocenters. The van der Waals surface area contributed by atoms with Crippen LogP contribution in [0.25, 0.3) is 6.08 Å². The van der Waals surface area contributed by atoms with Gasteiger partial charge in [0.2, 0.25) is 0 Å². The molecule has 1 aliphatic rings. The molecule has 0 saturated carbocycles. The fourth-order valence-electron chi connectivity index (χ4n) is 3.02. The fraction of sp³-hybridized carbons (Fsp3) is 0.304. The zero-order valence-corrected chi connectivity index (χ0v) is 16.4. The van der Waals surface area contributed by atoms with Crippen molar-refractivity contribution in [2.75, 3.05) is 11.9 Å². The summed E-state index contributed by atoms with van der Waals surface area (Å²) in [4.78, 5) is 25.0. The molecule has 2 atom stereocenters. The van der Waals surface area contributed by atoms with Crippen molar-refractivity contribution in [1.29, 1.82) is 0 Å². The van der Waals surface area contributed by atoms with Crippen LogP contribution in [0.5, 0.6) is 5.75 Å². The van der Waals surface area contributed by atoms with Crippen LogP contribution in [0.2, 0.25) is 0 Å². The number of carbonyl (C=O) groups is 2. The third-order valence-electron chi connectivity index (χ3n) is 4.91. The van der Waals surface area contributed by atoms with Crippen molar-refractivity contribution in [3.05, 3.63) is 65.2 Å². The highest BCUT2D eigenvalue weighted by Crippen LogP contribution is 2.28. The molecule has 0 aliphatic carbocycles. The van der Waals surface area contributed by atoms with Crippen molar-refractivity contribution in [1.82, 2.24) is 0 Å². The van der Waals surface area contributed by atoms with Gasteiger partial charge >= 0.3 is 5.97 Å². The van der Waals surface area contributed by atoms with E-state index in [1.54, 1.807) is 13.0 Å². The van der Waals surface area contributed by atoms with Gasteiger partial charge < -0.3 is 14.8 Å². The van der Waals surface area contributed by atoms with Crippen LogP contribution < -0.4 is 10.1 Å². The number of hydrogen-bond acceptors (Lipinski definition) is 4. The summed E-state index contributed by atoms with van der Waals surface area (Å²) in [5.41, 5.74) is 3.02. The number of para-hydroxylation sites is 2. The van der Waals surface area contributed by atoms with Gasteiger partial charge in [0.05, 0.1) is 5.57 Å². The number of amides is 1. The Hall–Kier alpha value is -3.08. The van der Waals surface area contributed by atoms with Gasteiger partial charge in [0, 0.05) is 11.3 Å². The molecule has 2 aromatic rings. The van der Waals surface area contributed by atoms with E-state index in [1.807, 2.05) is 48.5 Å². The molecule has 0 bridgehead atoms. The molecular formula is C23H25NO4. The molecule has 1 amide bonds. The van der Waals surface area contributed by atoms with Gasteiger partial charge in [-0.25, -0.2) is 4.79 Å². The third-order valence-corrected chi connectivity index (χ3v) is 4.91. The van der Waals surface area contributed by atoms with Gasteiger partial charge in [-0.05, 0) is 43.0 Å². The predicted octanol–water partition coefficient (Wildman–Crippen LogP) is 4.55. The van der Waals surface area contributed by atoms with E-state index < -0.39 is 12.1 Å². The summed E-state index contributed by atoms with van der Waals surface area (Å²) in [5, 5.41) is 2.88. The zero-order valence-electron chi connectivity index (χ0n) is 16.4. The van der Waals surface area contributed by atoms with Gasteiger partial charge in [0.1, 0.15) is 12.4 Å². The molecule has 1 N–H and O–H groups in total. The van der Waals surface area contributed by atoms with E-state index in [9.17, 15) is 9.59 Å². The minimum Gasteiger partial charge on any atom is -0.488 e. The summed E-state index contributed by atoms with van der Waals surface area (Å²) >= 11 is 0. The Morgan fingerprint density at radius 3 is 2.61 bits per heavy atom. The van der Waals surface area contributed by atoms with E-state index in [-0.39, 0.29) is 12.5 Å². The number of benzene rings is 2. The lowest BCUT2D eigenvalue weighted by Crippen LogP contribution is -2.31. The normalized spacial score (nSPS) is 14.8. The second kappa shape index (κ2) is 8.74. The van der Waals surface area contributed by atoms with Crippen molar-refractivity contribution >= 4 is 23.6 Å². The number of carbonyl (C=O) groups excluding carboxylic acids is 2. The quantitative estimate of drug-likeness (QED) is 0.748. The Kier molecular flexibility index (Phi) is 6.14. The molecule has 0 saturated heterocycles. The van der Waals surface area contributed by atoms with Gasteiger partial charge in [-0.1, -0.05) is 50.2 Å². The molecule has 2 aromatic carbocycles. The average molecular weight is 379 g/mol. The van der Waals surface area contributed by atoms with Crippen LogP contribution in [-0.4, -0.2) is 24.6 Å². The van der Waals surface area contributed by atoms with Crippen molar-refractivity contribution in [3.63, 3.8) is 0 Å². The van der Waals surface area contributed by atoms with Crippen LogP contribution in [0.15, 0.2) is 54.1 Å². The number of rotatable bonds is 6. The van der Waals surface area contributed by atoms with Crippen LogP contribution >= 0.6 is 0 Å². The molecule has 5 heteroatoms. The molecule has 5 nitrogen and oxygen atoms in total. The van der Waals surface area contributed by atoms with Gasteiger partial charge in [-0.3, -0.25) is 4.79 Å². The summed E-state index contributed by atoms with van der Waals surface area (Å²) in [7, 11) is 0. The van der Waals surface area contributed by atoms with E-state index in [2.05, 4.69) is 19.2 Å². The fourth-order valence-corrected chi connectivity index (χ4v) is 3.02. The largest absolute Gasteiger partial charge is 0.488 e. The lowest BCUT2D eigenvalue weighted by Gasteiger charge is -2.20. The highest BCUT2D eigenvalue weighted by Gasteiger charge is 2.24. The first-order chi connectivity index (χ1) is 13.5.